The van der Waals surface area contributed by atoms with E-state index in [4.69, 9.17) is 4.42 Å². The third-order valence-corrected chi connectivity index (χ3v) is 3.11. The number of benzene rings is 1. The maximum atomic E-state index is 11.9. The number of nitrogens with one attached hydrogen (secondary N) is 1. The van der Waals surface area contributed by atoms with Crippen molar-refractivity contribution in [1.82, 2.24) is 5.32 Å². The normalized spacial score (nSPS) is 12.4. The Morgan fingerprint density at radius 2 is 2.05 bits per heavy atom. The van der Waals surface area contributed by atoms with Crippen molar-refractivity contribution in [3.05, 3.63) is 66.1 Å². The van der Waals surface area contributed by atoms with Gasteiger partial charge in [0, 0.05) is 12.1 Å². The molecule has 3 heteroatoms. The third-order valence-electron chi connectivity index (χ3n) is 3.11. The first-order valence-electron chi connectivity index (χ1n) is 6.84. The largest absolute Gasteiger partial charge is 0.465 e. The van der Waals surface area contributed by atoms with E-state index in [9.17, 15) is 4.79 Å². The van der Waals surface area contributed by atoms with E-state index in [-0.39, 0.29) is 11.9 Å². The number of furan rings is 1. The van der Waals surface area contributed by atoms with Crippen LogP contribution in [0.15, 0.2) is 59.2 Å². The van der Waals surface area contributed by atoms with Crippen molar-refractivity contribution in [1.29, 1.82) is 0 Å². The van der Waals surface area contributed by atoms with Gasteiger partial charge >= 0.3 is 0 Å². The van der Waals surface area contributed by atoms with Gasteiger partial charge in [0.15, 0.2) is 0 Å². The Labute approximate surface area is 119 Å². The van der Waals surface area contributed by atoms with E-state index in [0.29, 0.717) is 5.76 Å². The summed E-state index contributed by atoms with van der Waals surface area (Å²) in [7, 11) is 0. The lowest BCUT2D eigenvalue weighted by Crippen LogP contribution is -2.34. The van der Waals surface area contributed by atoms with Crippen LogP contribution >= 0.6 is 0 Å². The summed E-state index contributed by atoms with van der Waals surface area (Å²) in [4.78, 5) is 11.9. The van der Waals surface area contributed by atoms with E-state index in [2.05, 4.69) is 24.4 Å². The van der Waals surface area contributed by atoms with Gasteiger partial charge in [-0.05, 0) is 36.6 Å². The van der Waals surface area contributed by atoms with Gasteiger partial charge in [0.2, 0.25) is 5.91 Å². The monoisotopic (exact) mass is 269 g/mol. The van der Waals surface area contributed by atoms with Crippen LogP contribution in [0.5, 0.6) is 0 Å². The zero-order chi connectivity index (χ0) is 14.2. The fourth-order valence-corrected chi connectivity index (χ4v) is 1.99. The maximum absolute atomic E-state index is 11.9. The molecule has 1 aromatic heterocycles. The fraction of sp³-hybridized carbons (Fsp3) is 0.235. The highest BCUT2D eigenvalue weighted by Crippen LogP contribution is 2.06. The van der Waals surface area contributed by atoms with E-state index >= 15 is 0 Å². The zero-order valence-electron chi connectivity index (χ0n) is 11.6. The number of hydrogen-bond donors (Lipinski definition) is 1. The van der Waals surface area contributed by atoms with E-state index in [1.165, 1.54) is 11.6 Å². The van der Waals surface area contributed by atoms with Crippen molar-refractivity contribution >= 4 is 12.0 Å². The first-order chi connectivity index (χ1) is 9.78. The lowest BCUT2D eigenvalue weighted by molar-refractivity contribution is -0.117. The molecule has 0 bridgehead atoms. The highest BCUT2D eigenvalue weighted by atomic mass is 16.3. The van der Waals surface area contributed by atoms with Crippen molar-refractivity contribution in [2.45, 2.75) is 25.8 Å². The van der Waals surface area contributed by atoms with Crippen molar-refractivity contribution in [2.75, 3.05) is 0 Å². The summed E-state index contributed by atoms with van der Waals surface area (Å²) in [5, 5.41) is 3.01. The first-order valence-corrected chi connectivity index (χ1v) is 6.84. The van der Waals surface area contributed by atoms with E-state index in [0.717, 1.165) is 12.8 Å². The molecule has 0 aliphatic rings. The fourth-order valence-electron chi connectivity index (χ4n) is 1.99. The SMILES string of the molecule is CCC(Cc1ccccc1)NC(=O)/C=C\c1ccco1. The second-order valence-electron chi connectivity index (χ2n) is 4.65. The molecular formula is C17H19NO2. The average molecular weight is 269 g/mol. The zero-order valence-corrected chi connectivity index (χ0v) is 11.6. The van der Waals surface area contributed by atoms with E-state index in [1.807, 2.05) is 24.3 Å². The quantitative estimate of drug-likeness (QED) is 0.816. The molecule has 1 amide bonds. The lowest BCUT2D eigenvalue weighted by Gasteiger charge is -2.15. The minimum Gasteiger partial charge on any atom is -0.465 e. The standard InChI is InChI=1S/C17H19NO2/c1-2-15(13-14-7-4-3-5-8-14)18-17(19)11-10-16-9-6-12-20-16/h3-12,15H,2,13H2,1H3,(H,18,19)/b11-10-. The lowest BCUT2D eigenvalue weighted by atomic mass is 10.0. The third kappa shape index (κ3) is 4.43. The van der Waals surface area contributed by atoms with Crippen molar-refractivity contribution in [3.63, 3.8) is 0 Å². The van der Waals surface area contributed by atoms with Gasteiger partial charge in [0.05, 0.1) is 6.26 Å². The summed E-state index contributed by atoms with van der Waals surface area (Å²) in [5.74, 6) is 0.584. The molecule has 0 spiro atoms. The summed E-state index contributed by atoms with van der Waals surface area (Å²) in [6.07, 6.45) is 6.51. The number of amides is 1. The molecule has 20 heavy (non-hydrogen) atoms. The molecule has 0 saturated carbocycles. The van der Waals surface area contributed by atoms with Crippen LogP contribution in [-0.2, 0) is 11.2 Å². The number of carbonyl (C=O) groups is 1. The minimum atomic E-state index is -0.0934. The Hall–Kier alpha value is -2.29. The molecule has 104 valence electrons. The molecule has 3 nitrogen and oxygen atoms in total. The Morgan fingerprint density at radius 3 is 2.70 bits per heavy atom. The highest BCUT2D eigenvalue weighted by Gasteiger charge is 2.09. The summed E-state index contributed by atoms with van der Waals surface area (Å²) < 4.78 is 5.14. The Kier molecular flexibility index (Phi) is 5.18. The molecule has 0 radical (unpaired) electrons. The van der Waals surface area contributed by atoms with Crippen LogP contribution in [0.4, 0.5) is 0 Å². The van der Waals surface area contributed by atoms with Gasteiger partial charge in [-0.25, -0.2) is 0 Å². The molecule has 2 aromatic rings. The summed E-state index contributed by atoms with van der Waals surface area (Å²) in [6.45, 7) is 2.07. The van der Waals surface area contributed by atoms with Crippen LogP contribution in [0.3, 0.4) is 0 Å². The van der Waals surface area contributed by atoms with Gasteiger partial charge in [-0.1, -0.05) is 37.3 Å². The Morgan fingerprint density at radius 1 is 1.25 bits per heavy atom. The van der Waals surface area contributed by atoms with Crippen LogP contribution in [-0.4, -0.2) is 11.9 Å². The van der Waals surface area contributed by atoms with Gasteiger partial charge in [0.25, 0.3) is 0 Å². The second-order valence-corrected chi connectivity index (χ2v) is 4.65. The molecule has 0 aliphatic carbocycles. The smallest absolute Gasteiger partial charge is 0.244 e. The van der Waals surface area contributed by atoms with Crippen molar-refractivity contribution in [3.8, 4) is 0 Å². The van der Waals surface area contributed by atoms with Crippen molar-refractivity contribution in [2.24, 2.45) is 0 Å². The summed E-state index contributed by atoms with van der Waals surface area (Å²) in [6, 6.07) is 13.9. The second kappa shape index (κ2) is 7.34. The highest BCUT2D eigenvalue weighted by molar-refractivity contribution is 5.91. The molecule has 1 atom stereocenters. The molecule has 1 N–H and O–H groups in total. The molecule has 2 rings (SSSR count). The van der Waals surface area contributed by atoms with Gasteiger partial charge < -0.3 is 9.73 Å². The molecule has 0 saturated heterocycles. The summed E-state index contributed by atoms with van der Waals surface area (Å²) in [5.41, 5.74) is 1.23. The topological polar surface area (TPSA) is 42.2 Å². The molecule has 1 unspecified atom stereocenters. The minimum absolute atomic E-state index is 0.0934. The molecule has 1 aromatic carbocycles. The number of rotatable bonds is 6. The predicted molar refractivity (Wildman–Crippen MR) is 80.1 cm³/mol. The molecule has 1 heterocycles. The van der Waals surface area contributed by atoms with Crippen LogP contribution in [0.25, 0.3) is 6.08 Å². The average Bonchev–Trinajstić information content (AvgIpc) is 2.99. The number of carbonyl (C=O) groups excluding carboxylic acids is 1. The van der Waals surface area contributed by atoms with Gasteiger partial charge in [-0.15, -0.1) is 0 Å². The predicted octanol–water partition coefficient (Wildman–Crippen LogP) is 3.43. The molecule has 0 fully saturated rings. The molecule has 0 aliphatic heterocycles. The van der Waals surface area contributed by atoms with Crippen LogP contribution in [0.1, 0.15) is 24.7 Å². The number of hydrogen-bond acceptors (Lipinski definition) is 2. The first kappa shape index (κ1) is 14.1. The Balaban J connectivity index is 1.88. The van der Waals surface area contributed by atoms with Crippen LogP contribution in [0.2, 0.25) is 0 Å². The van der Waals surface area contributed by atoms with Crippen molar-refractivity contribution < 1.29 is 9.21 Å². The van der Waals surface area contributed by atoms with Gasteiger partial charge in [-0.2, -0.15) is 0 Å². The van der Waals surface area contributed by atoms with E-state index < -0.39 is 0 Å². The van der Waals surface area contributed by atoms with Crippen LogP contribution < -0.4 is 5.32 Å². The Bertz CT molecular complexity index is 544. The summed E-state index contributed by atoms with van der Waals surface area (Å²) >= 11 is 0. The maximum Gasteiger partial charge on any atom is 0.244 e. The van der Waals surface area contributed by atoms with Gasteiger partial charge in [0.1, 0.15) is 5.76 Å². The van der Waals surface area contributed by atoms with E-state index in [1.54, 1.807) is 18.4 Å². The van der Waals surface area contributed by atoms with Gasteiger partial charge in [-0.3, -0.25) is 4.79 Å². The molecular weight excluding hydrogens is 250 g/mol. The van der Waals surface area contributed by atoms with Crippen LogP contribution in [0, 0.1) is 0 Å².